The van der Waals surface area contributed by atoms with Gasteiger partial charge in [0.05, 0.1) is 18.4 Å². The predicted octanol–water partition coefficient (Wildman–Crippen LogP) is 5.18. The van der Waals surface area contributed by atoms with Gasteiger partial charge >= 0.3 is 5.97 Å². The molecule has 33 heavy (non-hydrogen) atoms. The van der Waals surface area contributed by atoms with Crippen molar-refractivity contribution in [3.05, 3.63) is 46.2 Å². The minimum absolute atomic E-state index is 0.316. The molecule has 2 aromatic rings. The summed E-state index contributed by atoms with van der Waals surface area (Å²) in [5, 5.41) is 20.1. The molecule has 2 atom stereocenters. The fourth-order valence-electron chi connectivity index (χ4n) is 4.57. The van der Waals surface area contributed by atoms with Crippen molar-refractivity contribution >= 4 is 5.97 Å². The molecule has 1 fully saturated rings. The Labute approximate surface area is 196 Å². The number of carboxylic acid groups (broad SMARTS) is 1. The Morgan fingerprint density at radius 2 is 1.79 bits per heavy atom. The van der Waals surface area contributed by atoms with Crippen LogP contribution in [0.5, 0.6) is 5.75 Å². The number of aryl methyl sites for hydroxylation is 3. The standard InChI is InChI=1S/C26H37NO6/c1-15(2)32-24(26(29)30)22(28)20-13-16(3)23(17(4)14-20)31-12-11-21-18(5)33-25(27-21)19-9-7-6-8-10-19/h13-15,19,22,24,28H,6-12H2,1-5H3,(H,29,30). The monoisotopic (exact) mass is 459 g/mol. The Morgan fingerprint density at radius 1 is 1.15 bits per heavy atom. The van der Waals surface area contributed by atoms with Gasteiger partial charge in [-0.15, -0.1) is 0 Å². The average molecular weight is 460 g/mol. The summed E-state index contributed by atoms with van der Waals surface area (Å²) < 4.78 is 17.5. The van der Waals surface area contributed by atoms with Gasteiger partial charge in [0.1, 0.15) is 17.6 Å². The molecule has 7 nitrogen and oxygen atoms in total. The van der Waals surface area contributed by atoms with E-state index in [4.69, 9.17) is 18.9 Å². The Hall–Kier alpha value is -2.38. The van der Waals surface area contributed by atoms with Gasteiger partial charge in [-0.1, -0.05) is 19.3 Å². The average Bonchev–Trinajstić information content (AvgIpc) is 3.14. The van der Waals surface area contributed by atoms with Gasteiger partial charge in [-0.05, 0) is 76.3 Å². The Balaban J connectivity index is 1.65. The van der Waals surface area contributed by atoms with E-state index in [2.05, 4.69) is 0 Å². The van der Waals surface area contributed by atoms with Crippen molar-refractivity contribution in [2.24, 2.45) is 0 Å². The van der Waals surface area contributed by atoms with Crippen LogP contribution in [0.15, 0.2) is 16.5 Å². The van der Waals surface area contributed by atoms with Gasteiger partial charge in [0.15, 0.2) is 12.0 Å². The molecular weight excluding hydrogens is 422 g/mol. The van der Waals surface area contributed by atoms with E-state index in [-0.39, 0.29) is 6.10 Å². The molecule has 0 bridgehead atoms. The largest absolute Gasteiger partial charge is 0.493 e. The molecule has 1 aliphatic carbocycles. The van der Waals surface area contributed by atoms with E-state index in [0.717, 1.165) is 47.1 Å². The van der Waals surface area contributed by atoms with E-state index in [0.29, 0.717) is 24.5 Å². The van der Waals surface area contributed by atoms with Crippen LogP contribution in [0.25, 0.3) is 0 Å². The summed E-state index contributed by atoms with van der Waals surface area (Å²) in [6, 6.07) is 3.52. The number of rotatable bonds is 10. The molecule has 1 aromatic carbocycles. The molecule has 1 saturated carbocycles. The molecule has 0 radical (unpaired) electrons. The van der Waals surface area contributed by atoms with Crippen LogP contribution >= 0.6 is 0 Å². The minimum atomic E-state index is -1.33. The minimum Gasteiger partial charge on any atom is -0.493 e. The van der Waals surface area contributed by atoms with Crippen molar-refractivity contribution in [2.75, 3.05) is 6.61 Å². The molecule has 1 aromatic heterocycles. The zero-order valence-corrected chi connectivity index (χ0v) is 20.4. The van der Waals surface area contributed by atoms with E-state index in [9.17, 15) is 15.0 Å². The summed E-state index contributed by atoms with van der Waals surface area (Å²) in [7, 11) is 0. The molecule has 182 valence electrons. The number of oxazole rings is 1. The third-order valence-corrected chi connectivity index (χ3v) is 6.22. The molecule has 3 rings (SSSR count). The third kappa shape index (κ3) is 6.36. The number of aliphatic carboxylic acids is 1. The van der Waals surface area contributed by atoms with Crippen LogP contribution in [0, 0.1) is 20.8 Å². The molecule has 7 heteroatoms. The zero-order chi connectivity index (χ0) is 24.1. The van der Waals surface area contributed by atoms with Crippen LogP contribution in [-0.2, 0) is 16.0 Å². The molecule has 1 heterocycles. The first kappa shape index (κ1) is 25.2. The summed E-state index contributed by atoms with van der Waals surface area (Å²) in [6.45, 7) is 9.67. The first-order chi connectivity index (χ1) is 15.7. The highest BCUT2D eigenvalue weighted by Crippen LogP contribution is 2.33. The first-order valence-electron chi connectivity index (χ1n) is 11.9. The second kappa shape index (κ2) is 11.2. The molecule has 0 spiro atoms. The van der Waals surface area contributed by atoms with E-state index in [1.807, 2.05) is 20.8 Å². The van der Waals surface area contributed by atoms with Crippen molar-refractivity contribution in [3.63, 3.8) is 0 Å². The van der Waals surface area contributed by atoms with Crippen LogP contribution in [0.1, 0.15) is 92.0 Å². The molecule has 0 amide bonds. The number of carbonyl (C=O) groups is 1. The van der Waals surface area contributed by atoms with Gasteiger partial charge in [-0.2, -0.15) is 0 Å². The Morgan fingerprint density at radius 3 is 2.36 bits per heavy atom. The predicted molar refractivity (Wildman–Crippen MR) is 125 cm³/mol. The molecular formula is C26H37NO6. The zero-order valence-electron chi connectivity index (χ0n) is 20.4. The maximum Gasteiger partial charge on any atom is 0.335 e. The normalized spacial score (nSPS) is 16.7. The van der Waals surface area contributed by atoms with Crippen LogP contribution in [0.2, 0.25) is 0 Å². The van der Waals surface area contributed by atoms with Gasteiger partial charge < -0.3 is 24.1 Å². The number of hydrogen-bond acceptors (Lipinski definition) is 6. The van der Waals surface area contributed by atoms with E-state index < -0.39 is 18.2 Å². The van der Waals surface area contributed by atoms with Crippen molar-refractivity contribution in [2.45, 2.75) is 97.4 Å². The van der Waals surface area contributed by atoms with E-state index in [1.54, 1.807) is 26.0 Å². The molecule has 0 aliphatic heterocycles. The lowest BCUT2D eigenvalue weighted by Crippen LogP contribution is -2.33. The number of nitrogens with zero attached hydrogens (tertiary/aromatic N) is 1. The lowest BCUT2D eigenvalue weighted by atomic mass is 9.89. The highest BCUT2D eigenvalue weighted by molar-refractivity contribution is 5.73. The maximum absolute atomic E-state index is 11.6. The fraction of sp³-hybridized carbons (Fsp3) is 0.615. The molecule has 2 N–H and O–H groups in total. The number of aliphatic hydroxyl groups is 1. The highest BCUT2D eigenvalue weighted by atomic mass is 16.5. The van der Waals surface area contributed by atoms with Gasteiger partial charge in [-0.25, -0.2) is 9.78 Å². The van der Waals surface area contributed by atoms with Gasteiger partial charge in [0.2, 0.25) is 0 Å². The van der Waals surface area contributed by atoms with E-state index >= 15 is 0 Å². The fourth-order valence-corrected chi connectivity index (χ4v) is 4.57. The third-order valence-electron chi connectivity index (χ3n) is 6.22. The quantitative estimate of drug-likeness (QED) is 0.505. The Bertz CT molecular complexity index is 921. The van der Waals surface area contributed by atoms with Crippen molar-refractivity contribution in [1.29, 1.82) is 0 Å². The van der Waals surface area contributed by atoms with E-state index in [1.165, 1.54) is 19.3 Å². The van der Waals surface area contributed by atoms with Crippen molar-refractivity contribution in [1.82, 2.24) is 4.98 Å². The number of aromatic nitrogens is 1. The lowest BCUT2D eigenvalue weighted by molar-refractivity contribution is -0.163. The summed E-state index contributed by atoms with van der Waals surface area (Å²) in [5.74, 6) is 1.70. The molecule has 1 aliphatic rings. The lowest BCUT2D eigenvalue weighted by Gasteiger charge is -2.23. The molecule has 0 saturated heterocycles. The second-order valence-electron chi connectivity index (χ2n) is 9.36. The van der Waals surface area contributed by atoms with Crippen LogP contribution in [0.4, 0.5) is 0 Å². The van der Waals surface area contributed by atoms with Crippen LogP contribution in [0.3, 0.4) is 0 Å². The number of hydrogen-bond donors (Lipinski definition) is 2. The topological polar surface area (TPSA) is 102 Å². The van der Waals surface area contributed by atoms with Crippen molar-refractivity contribution in [3.8, 4) is 5.75 Å². The first-order valence-corrected chi connectivity index (χ1v) is 11.9. The smallest absolute Gasteiger partial charge is 0.335 e. The van der Waals surface area contributed by atoms with Crippen LogP contribution in [-0.4, -0.2) is 40.0 Å². The Kier molecular flexibility index (Phi) is 8.54. The SMILES string of the molecule is Cc1cc(C(O)C(OC(C)C)C(=O)O)cc(C)c1OCCc1nc(C2CCCCC2)oc1C. The number of aliphatic hydroxyl groups excluding tert-OH is 1. The summed E-state index contributed by atoms with van der Waals surface area (Å²) in [5.41, 5.74) is 3.10. The summed E-state index contributed by atoms with van der Waals surface area (Å²) in [6.07, 6.45) is 3.81. The number of ether oxygens (including phenoxy) is 2. The van der Waals surface area contributed by atoms with Gasteiger partial charge in [-0.3, -0.25) is 0 Å². The molecule has 2 unspecified atom stereocenters. The number of carboxylic acids is 1. The summed E-state index contributed by atoms with van der Waals surface area (Å²) >= 11 is 0. The van der Waals surface area contributed by atoms with Gasteiger partial charge in [0.25, 0.3) is 0 Å². The van der Waals surface area contributed by atoms with Gasteiger partial charge in [0, 0.05) is 12.3 Å². The van der Waals surface area contributed by atoms with Crippen molar-refractivity contribution < 1.29 is 28.9 Å². The number of benzene rings is 1. The van der Waals surface area contributed by atoms with Crippen LogP contribution < -0.4 is 4.74 Å². The maximum atomic E-state index is 11.6. The second-order valence-corrected chi connectivity index (χ2v) is 9.36. The highest BCUT2D eigenvalue weighted by Gasteiger charge is 2.30. The summed E-state index contributed by atoms with van der Waals surface area (Å²) in [4.78, 5) is 16.3.